The molecule has 1 heterocycles. The number of benzene rings is 1. The van der Waals surface area contributed by atoms with Gasteiger partial charge in [-0.15, -0.1) is 11.8 Å². The van der Waals surface area contributed by atoms with Gasteiger partial charge in [-0.05, 0) is 44.0 Å². The van der Waals surface area contributed by atoms with Gasteiger partial charge in [0.25, 0.3) is 0 Å². The second kappa shape index (κ2) is 9.28. The van der Waals surface area contributed by atoms with Gasteiger partial charge in [0.1, 0.15) is 11.1 Å². The van der Waals surface area contributed by atoms with Crippen molar-refractivity contribution < 1.29 is 4.79 Å². The summed E-state index contributed by atoms with van der Waals surface area (Å²) in [6, 6.07) is 11.6. The number of carbonyl (C=O) groups is 1. The number of pyridine rings is 1. The van der Waals surface area contributed by atoms with Crippen LogP contribution in [0.25, 0.3) is 0 Å². The number of para-hydroxylation sites is 1. The Morgan fingerprint density at radius 2 is 1.88 bits per heavy atom. The van der Waals surface area contributed by atoms with Crippen molar-refractivity contribution in [2.75, 3.05) is 16.8 Å². The van der Waals surface area contributed by atoms with Crippen molar-refractivity contribution >= 4 is 35.1 Å². The molecule has 1 N–H and O–H groups in total. The monoisotopic (exact) mass is 382 g/mol. The summed E-state index contributed by atoms with van der Waals surface area (Å²) >= 11 is 2.63. The summed E-state index contributed by atoms with van der Waals surface area (Å²) in [6.45, 7) is 5.74. The Labute approximate surface area is 161 Å². The number of nitrogens with one attached hydrogen (secondary N) is 1. The molecule has 0 aliphatic rings. The Bertz CT molecular complexity index is 913. The number of amides is 1. The van der Waals surface area contributed by atoms with Crippen molar-refractivity contribution in [2.45, 2.75) is 30.7 Å². The number of carbonyl (C=O) groups excluding carboxylic acids is 1. The molecule has 0 radical (unpaired) electrons. The Kier molecular flexibility index (Phi) is 7.08. The molecule has 0 bridgehead atoms. The SMILES string of the molecule is Cc1nc(SCC(=O)Nc2ccccc2SCC#N)c(C#N)c(C)c1C. The molecule has 5 nitrogen and oxygen atoms in total. The highest BCUT2D eigenvalue weighted by Gasteiger charge is 2.15. The van der Waals surface area contributed by atoms with Crippen LogP contribution >= 0.6 is 23.5 Å². The average Bonchev–Trinajstić information content (AvgIpc) is 2.64. The summed E-state index contributed by atoms with van der Waals surface area (Å²) in [5.74, 6) is 0.293. The summed E-state index contributed by atoms with van der Waals surface area (Å²) in [4.78, 5) is 17.6. The number of rotatable bonds is 6. The first-order valence-electron chi connectivity index (χ1n) is 7.87. The fourth-order valence-corrected chi connectivity index (χ4v) is 3.83. The van der Waals surface area contributed by atoms with Gasteiger partial charge in [-0.2, -0.15) is 10.5 Å². The molecule has 0 unspecified atom stereocenters. The molecular formula is C19H18N4OS2. The molecule has 1 amide bonds. The lowest BCUT2D eigenvalue weighted by Gasteiger charge is -2.12. The van der Waals surface area contributed by atoms with Crippen LogP contribution in [0.1, 0.15) is 22.4 Å². The number of nitriles is 2. The normalized spacial score (nSPS) is 10.0. The topological polar surface area (TPSA) is 89.6 Å². The summed E-state index contributed by atoms with van der Waals surface area (Å²) in [7, 11) is 0. The average molecular weight is 383 g/mol. The predicted molar refractivity (Wildman–Crippen MR) is 105 cm³/mol. The van der Waals surface area contributed by atoms with Crippen LogP contribution in [-0.4, -0.2) is 22.4 Å². The highest BCUT2D eigenvalue weighted by Crippen LogP contribution is 2.28. The standard InChI is InChI=1S/C19H18N4OS2/c1-12-13(2)15(10-21)19(22-14(12)3)26-11-18(24)23-16-6-4-5-7-17(16)25-9-8-20/h4-7H,9,11H2,1-3H3,(H,23,24). The van der Waals surface area contributed by atoms with Gasteiger partial charge >= 0.3 is 0 Å². The van der Waals surface area contributed by atoms with Gasteiger partial charge in [0.2, 0.25) is 5.91 Å². The molecule has 0 fully saturated rings. The Morgan fingerprint density at radius 1 is 1.15 bits per heavy atom. The van der Waals surface area contributed by atoms with Crippen molar-refractivity contribution in [3.63, 3.8) is 0 Å². The molecule has 0 saturated heterocycles. The molecule has 2 rings (SSSR count). The molecular weight excluding hydrogens is 364 g/mol. The van der Waals surface area contributed by atoms with Crippen LogP contribution in [0.2, 0.25) is 0 Å². The van der Waals surface area contributed by atoms with Crippen LogP contribution in [0, 0.1) is 43.4 Å². The van der Waals surface area contributed by atoms with Gasteiger partial charge in [0, 0.05) is 10.6 Å². The Morgan fingerprint density at radius 3 is 2.58 bits per heavy atom. The van der Waals surface area contributed by atoms with Crippen molar-refractivity contribution in [3.05, 3.63) is 46.6 Å². The van der Waals surface area contributed by atoms with E-state index in [2.05, 4.69) is 22.4 Å². The van der Waals surface area contributed by atoms with Gasteiger partial charge in [0.05, 0.1) is 28.8 Å². The van der Waals surface area contributed by atoms with Crippen LogP contribution in [0.5, 0.6) is 0 Å². The minimum absolute atomic E-state index is 0.154. The van der Waals surface area contributed by atoms with Crippen LogP contribution in [-0.2, 0) is 4.79 Å². The fourth-order valence-electron chi connectivity index (χ4n) is 2.27. The van der Waals surface area contributed by atoms with E-state index < -0.39 is 0 Å². The third kappa shape index (κ3) is 4.78. The molecule has 7 heteroatoms. The summed E-state index contributed by atoms with van der Waals surface area (Å²) in [5.41, 5.74) is 3.97. The van der Waals surface area contributed by atoms with E-state index in [1.165, 1.54) is 23.5 Å². The maximum atomic E-state index is 12.3. The van der Waals surface area contributed by atoms with Crippen molar-refractivity contribution in [2.24, 2.45) is 0 Å². The first kappa shape index (κ1) is 19.8. The maximum Gasteiger partial charge on any atom is 0.234 e. The van der Waals surface area contributed by atoms with E-state index in [0.717, 1.165) is 21.7 Å². The van der Waals surface area contributed by atoms with Crippen molar-refractivity contribution in [1.29, 1.82) is 10.5 Å². The fraction of sp³-hybridized carbons (Fsp3) is 0.263. The second-order valence-corrected chi connectivity index (χ2v) is 7.50. The zero-order valence-corrected chi connectivity index (χ0v) is 16.4. The van der Waals surface area contributed by atoms with E-state index in [0.29, 0.717) is 22.0 Å². The molecule has 132 valence electrons. The van der Waals surface area contributed by atoms with Crippen molar-refractivity contribution in [1.82, 2.24) is 4.98 Å². The Hall–Kier alpha value is -2.48. The Balaban J connectivity index is 2.09. The lowest BCUT2D eigenvalue weighted by molar-refractivity contribution is -0.113. The molecule has 2 aromatic rings. The van der Waals surface area contributed by atoms with E-state index in [1.807, 2.05) is 39.0 Å². The smallest absolute Gasteiger partial charge is 0.234 e. The first-order valence-corrected chi connectivity index (χ1v) is 9.84. The largest absolute Gasteiger partial charge is 0.324 e. The van der Waals surface area contributed by atoms with Gasteiger partial charge in [-0.3, -0.25) is 4.79 Å². The van der Waals surface area contributed by atoms with E-state index in [9.17, 15) is 10.1 Å². The number of aromatic nitrogens is 1. The maximum absolute atomic E-state index is 12.3. The highest BCUT2D eigenvalue weighted by molar-refractivity contribution is 8.00. The van der Waals surface area contributed by atoms with Crippen LogP contribution in [0.3, 0.4) is 0 Å². The summed E-state index contributed by atoms with van der Waals surface area (Å²) < 4.78 is 0. The quantitative estimate of drug-likeness (QED) is 0.752. The number of aryl methyl sites for hydroxylation is 1. The molecule has 0 atom stereocenters. The van der Waals surface area contributed by atoms with Gasteiger partial charge in [-0.1, -0.05) is 23.9 Å². The summed E-state index contributed by atoms with van der Waals surface area (Å²) in [6.07, 6.45) is 0. The summed E-state index contributed by atoms with van der Waals surface area (Å²) in [5, 5.41) is 21.6. The molecule has 0 saturated carbocycles. The van der Waals surface area contributed by atoms with E-state index >= 15 is 0 Å². The second-order valence-electron chi connectivity index (χ2n) is 5.52. The lowest BCUT2D eigenvalue weighted by Crippen LogP contribution is -2.15. The van der Waals surface area contributed by atoms with Crippen LogP contribution in [0.4, 0.5) is 5.69 Å². The molecule has 0 spiro atoms. The zero-order valence-electron chi connectivity index (χ0n) is 14.8. The molecule has 1 aromatic heterocycles. The number of nitrogens with zero attached hydrogens (tertiary/aromatic N) is 3. The van der Waals surface area contributed by atoms with Gasteiger partial charge in [0.15, 0.2) is 0 Å². The predicted octanol–water partition coefficient (Wildman–Crippen LogP) is 4.23. The van der Waals surface area contributed by atoms with Gasteiger partial charge in [-0.25, -0.2) is 4.98 Å². The van der Waals surface area contributed by atoms with Crippen molar-refractivity contribution in [3.8, 4) is 12.1 Å². The van der Waals surface area contributed by atoms with E-state index in [1.54, 1.807) is 6.07 Å². The number of hydrogen-bond donors (Lipinski definition) is 1. The van der Waals surface area contributed by atoms with E-state index in [-0.39, 0.29) is 11.7 Å². The zero-order chi connectivity index (χ0) is 19.1. The third-order valence-electron chi connectivity index (χ3n) is 3.87. The molecule has 1 aromatic carbocycles. The minimum Gasteiger partial charge on any atom is -0.324 e. The van der Waals surface area contributed by atoms with Crippen LogP contribution < -0.4 is 5.32 Å². The molecule has 0 aliphatic carbocycles. The van der Waals surface area contributed by atoms with Gasteiger partial charge < -0.3 is 5.32 Å². The minimum atomic E-state index is -0.179. The number of anilines is 1. The van der Waals surface area contributed by atoms with Crippen LogP contribution in [0.15, 0.2) is 34.2 Å². The molecule has 26 heavy (non-hydrogen) atoms. The van der Waals surface area contributed by atoms with E-state index in [4.69, 9.17) is 5.26 Å². The first-order chi connectivity index (χ1) is 12.5. The highest BCUT2D eigenvalue weighted by atomic mass is 32.2. The number of thioether (sulfide) groups is 2. The number of hydrogen-bond acceptors (Lipinski definition) is 6. The molecule has 0 aliphatic heterocycles. The third-order valence-corrected chi connectivity index (χ3v) is 5.78. The lowest BCUT2D eigenvalue weighted by atomic mass is 10.1.